The number of rotatable bonds is 2. The molecule has 0 bridgehead atoms. The molecule has 17 heavy (non-hydrogen) atoms. The summed E-state index contributed by atoms with van der Waals surface area (Å²) in [5, 5.41) is 5.22. The molecule has 0 unspecified atom stereocenters. The summed E-state index contributed by atoms with van der Waals surface area (Å²) < 4.78 is 2.70. The van der Waals surface area contributed by atoms with Crippen LogP contribution in [0.2, 0.25) is 4.34 Å². The fraction of sp³-hybridized carbons (Fsp3) is 0.500. The van der Waals surface area contributed by atoms with E-state index in [2.05, 4.69) is 20.0 Å². The van der Waals surface area contributed by atoms with E-state index in [4.69, 9.17) is 11.6 Å². The number of halogens is 1. The number of thiazole rings is 1. The highest BCUT2D eigenvalue weighted by atomic mass is 35.5. The van der Waals surface area contributed by atoms with Crippen molar-refractivity contribution in [3.8, 4) is 0 Å². The topological polar surface area (TPSA) is 46.8 Å². The monoisotopic (exact) mass is 269 g/mol. The van der Waals surface area contributed by atoms with Crippen LogP contribution in [-0.4, -0.2) is 32.8 Å². The number of nitrogens with zero attached hydrogens (tertiary/aromatic N) is 5. The maximum Gasteiger partial charge on any atom is 0.186 e. The second-order valence-corrected chi connectivity index (χ2v) is 5.68. The van der Waals surface area contributed by atoms with Gasteiger partial charge in [-0.15, -0.1) is 0 Å². The van der Waals surface area contributed by atoms with Gasteiger partial charge >= 0.3 is 0 Å². The Morgan fingerprint density at radius 2 is 2.18 bits per heavy atom. The summed E-state index contributed by atoms with van der Waals surface area (Å²) in [6, 6.07) is 0.462. The average molecular weight is 270 g/mol. The van der Waals surface area contributed by atoms with E-state index in [1.165, 1.54) is 11.3 Å². The summed E-state index contributed by atoms with van der Waals surface area (Å²) in [6.07, 6.45) is 7.24. The Morgan fingerprint density at radius 1 is 1.35 bits per heavy atom. The standard InChI is InChI=1S/C10H12ClN5S/c11-9-5-13-10(17-9)15-3-1-8(2-4-15)16-7-12-6-14-16/h5-8H,1-4H2. The van der Waals surface area contributed by atoms with Crippen molar-refractivity contribution < 1.29 is 0 Å². The summed E-state index contributed by atoms with van der Waals surface area (Å²) in [7, 11) is 0. The van der Waals surface area contributed by atoms with E-state index in [0.717, 1.165) is 35.4 Å². The lowest BCUT2D eigenvalue weighted by molar-refractivity contribution is 0.366. The Labute approximate surface area is 108 Å². The van der Waals surface area contributed by atoms with Crippen LogP contribution in [0.5, 0.6) is 0 Å². The molecule has 0 atom stereocenters. The van der Waals surface area contributed by atoms with Crippen LogP contribution < -0.4 is 4.90 Å². The van der Waals surface area contributed by atoms with E-state index in [-0.39, 0.29) is 0 Å². The highest BCUT2D eigenvalue weighted by Crippen LogP contribution is 2.30. The number of anilines is 1. The van der Waals surface area contributed by atoms with Gasteiger partial charge in [0, 0.05) is 13.1 Å². The summed E-state index contributed by atoms with van der Waals surface area (Å²) in [6.45, 7) is 1.99. The Bertz CT molecular complexity index is 475. The Hall–Kier alpha value is -1.14. The molecule has 90 valence electrons. The number of piperidine rings is 1. The second kappa shape index (κ2) is 4.62. The van der Waals surface area contributed by atoms with E-state index in [0.29, 0.717) is 6.04 Å². The number of aromatic nitrogens is 4. The second-order valence-electron chi connectivity index (χ2n) is 4.04. The lowest BCUT2D eigenvalue weighted by Gasteiger charge is -2.31. The summed E-state index contributed by atoms with van der Waals surface area (Å²) in [5.41, 5.74) is 0. The third-order valence-electron chi connectivity index (χ3n) is 3.01. The number of hydrogen-bond donors (Lipinski definition) is 0. The van der Waals surface area contributed by atoms with Crippen LogP contribution in [0.3, 0.4) is 0 Å². The largest absolute Gasteiger partial charge is 0.348 e. The third kappa shape index (κ3) is 2.28. The molecular weight excluding hydrogens is 258 g/mol. The Balaban J connectivity index is 1.64. The lowest BCUT2D eigenvalue weighted by atomic mass is 10.1. The molecule has 1 aliphatic rings. The fourth-order valence-corrected chi connectivity index (χ4v) is 3.07. The van der Waals surface area contributed by atoms with E-state index in [1.807, 2.05) is 4.68 Å². The van der Waals surface area contributed by atoms with Gasteiger partial charge in [0.15, 0.2) is 5.13 Å². The normalized spacial score (nSPS) is 17.6. The van der Waals surface area contributed by atoms with Gasteiger partial charge in [0.25, 0.3) is 0 Å². The first-order valence-electron chi connectivity index (χ1n) is 5.53. The van der Waals surface area contributed by atoms with Gasteiger partial charge in [-0.05, 0) is 12.8 Å². The summed E-state index contributed by atoms with van der Waals surface area (Å²) in [5.74, 6) is 0. The van der Waals surface area contributed by atoms with E-state index in [9.17, 15) is 0 Å². The molecule has 2 aromatic heterocycles. The van der Waals surface area contributed by atoms with Crippen LogP contribution in [0.1, 0.15) is 18.9 Å². The zero-order chi connectivity index (χ0) is 11.7. The molecule has 7 heteroatoms. The van der Waals surface area contributed by atoms with Crippen molar-refractivity contribution in [1.82, 2.24) is 19.7 Å². The quantitative estimate of drug-likeness (QED) is 0.839. The minimum Gasteiger partial charge on any atom is -0.348 e. The molecule has 1 aliphatic heterocycles. The van der Waals surface area contributed by atoms with Crippen molar-refractivity contribution in [3.63, 3.8) is 0 Å². The molecule has 1 fully saturated rings. The summed E-state index contributed by atoms with van der Waals surface area (Å²) >= 11 is 7.43. The molecule has 0 N–H and O–H groups in total. The molecule has 0 aromatic carbocycles. The van der Waals surface area contributed by atoms with Crippen LogP contribution >= 0.6 is 22.9 Å². The molecule has 0 spiro atoms. The van der Waals surface area contributed by atoms with Gasteiger partial charge in [-0.3, -0.25) is 0 Å². The SMILES string of the molecule is Clc1cnc(N2CCC(n3cncn3)CC2)s1. The maximum atomic E-state index is 5.90. The summed E-state index contributed by atoms with van der Waals surface area (Å²) in [4.78, 5) is 10.6. The van der Waals surface area contributed by atoms with Crippen LogP contribution in [0, 0.1) is 0 Å². The van der Waals surface area contributed by atoms with Gasteiger partial charge in [0.1, 0.15) is 17.0 Å². The minimum absolute atomic E-state index is 0.462. The molecule has 3 heterocycles. The molecular formula is C10H12ClN5S. The van der Waals surface area contributed by atoms with Crippen LogP contribution in [0.25, 0.3) is 0 Å². The highest BCUT2D eigenvalue weighted by molar-refractivity contribution is 7.19. The average Bonchev–Trinajstić information content (AvgIpc) is 3.00. The first-order valence-corrected chi connectivity index (χ1v) is 6.73. The van der Waals surface area contributed by atoms with Gasteiger partial charge in [0.2, 0.25) is 0 Å². The van der Waals surface area contributed by atoms with Gasteiger partial charge in [-0.2, -0.15) is 5.10 Å². The smallest absolute Gasteiger partial charge is 0.186 e. The molecule has 3 rings (SSSR count). The third-order valence-corrected chi connectivity index (χ3v) is 4.19. The van der Waals surface area contributed by atoms with Crippen molar-refractivity contribution in [2.45, 2.75) is 18.9 Å². The van der Waals surface area contributed by atoms with Gasteiger partial charge < -0.3 is 4.90 Å². The van der Waals surface area contributed by atoms with Crippen molar-refractivity contribution in [3.05, 3.63) is 23.2 Å². The molecule has 2 aromatic rings. The zero-order valence-corrected chi connectivity index (χ0v) is 10.7. The molecule has 0 saturated carbocycles. The van der Waals surface area contributed by atoms with Crippen molar-refractivity contribution >= 4 is 28.1 Å². The van der Waals surface area contributed by atoms with E-state index < -0.39 is 0 Å². The fourth-order valence-electron chi connectivity index (χ4n) is 2.12. The zero-order valence-electron chi connectivity index (χ0n) is 9.16. The molecule has 1 saturated heterocycles. The van der Waals surface area contributed by atoms with Gasteiger partial charge in [-0.1, -0.05) is 22.9 Å². The van der Waals surface area contributed by atoms with Crippen molar-refractivity contribution in [1.29, 1.82) is 0 Å². The first-order chi connectivity index (χ1) is 8.33. The predicted octanol–water partition coefficient (Wildman–Crippen LogP) is 2.23. The highest BCUT2D eigenvalue weighted by Gasteiger charge is 2.22. The first kappa shape index (κ1) is 11.0. The van der Waals surface area contributed by atoms with E-state index in [1.54, 1.807) is 18.9 Å². The van der Waals surface area contributed by atoms with Crippen LogP contribution in [-0.2, 0) is 0 Å². The Kier molecular flexibility index (Phi) is 2.98. The number of hydrogen-bond acceptors (Lipinski definition) is 5. The van der Waals surface area contributed by atoms with Gasteiger partial charge in [-0.25, -0.2) is 14.6 Å². The van der Waals surface area contributed by atoms with Crippen LogP contribution in [0.4, 0.5) is 5.13 Å². The Morgan fingerprint density at radius 3 is 2.76 bits per heavy atom. The molecule has 0 amide bonds. The molecule has 0 radical (unpaired) electrons. The lowest BCUT2D eigenvalue weighted by Crippen LogP contribution is -2.34. The predicted molar refractivity (Wildman–Crippen MR) is 67.6 cm³/mol. The molecule has 5 nitrogen and oxygen atoms in total. The minimum atomic E-state index is 0.462. The van der Waals surface area contributed by atoms with Crippen molar-refractivity contribution in [2.75, 3.05) is 18.0 Å². The maximum absolute atomic E-state index is 5.90. The van der Waals surface area contributed by atoms with E-state index >= 15 is 0 Å². The van der Waals surface area contributed by atoms with Gasteiger partial charge in [0.05, 0.1) is 12.2 Å². The van der Waals surface area contributed by atoms with Crippen LogP contribution in [0.15, 0.2) is 18.9 Å². The van der Waals surface area contributed by atoms with Crippen molar-refractivity contribution in [2.24, 2.45) is 0 Å². The molecule has 0 aliphatic carbocycles.